The molecule has 0 bridgehead atoms. The molecule has 1 heterocycles. The third kappa shape index (κ3) is 2.53. The highest BCUT2D eigenvalue weighted by Gasteiger charge is 2.19. The molecule has 1 unspecified atom stereocenters. The minimum atomic E-state index is -0.0202. The molecule has 0 spiro atoms. The minimum absolute atomic E-state index is 0.0202. The van der Waals surface area contributed by atoms with Crippen LogP contribution < -0.4 is 11.1 Å². The summed E-state index contributed by atoms with van der Waals surface area (Å²) in [5, 5.41) is 2.47. The number of nitrogens with zero attached hydrogens (tertiary/aromatic N) is 1. The molecule has 0 aromatic carbocycles. The lowest BCUT2D eigenvalue weighted by molar-refractivity contribution is -0.120. The van der Waals surface area contributed by atoms with Crippen molar-refractivity contribution in [3.05, 3.63) is 0 Å². The number of carbonyl (C=O) groups is 1. The van der Waals surface area contributed by atoms with E-state index >= 15 is 0 Å². The zero-order valence-corrected chi connectivity index (χ0v) is 7.50. The van der Waals surface area contributed by atoms with Gasteiger partial charge < -0.3 is 5.73 Å². The van der Waals surface area contributed by atoms with Gasteiger partial charge in [-0.15, -0.1) is 0 Å². The second-order valence-electron chi connectivity index (χ2n) is 3.55. The monoisotopic (exact) mass is 169 g/mol. The molecule has 1 amide bonds. The molecule has 0 radical (unpaired) electrons. The zero-order valence-electron chi connectivity index (χ0n) is 7.50. The third-order valence-electron chi connectivity index (χ3n) is 1.75. The molecule has 68 valence electrons. The lowest BCUT2D eigenvalue weighted by atomic mass is 10.0. The van der Waals surface area contributed by atoms with Gasteiger partial charge in [-0.2, -0.15) is 0 Å². The average molecular weight is 169 g/mol. The molecule has 1 aliphatic heterocycles. The summed E-state index contributed by atoms with van der Waals surface area (Å²) in [5.74, 6) is 0.794. The first-order valence-corrected chi connectivity index (χ1v) is 4.21. The van der Waals surface area contributed by atoms with Crippen LogP contribution >= 0.6 is 0 Å². The van der Waals surface area contributed by atoms with Crippen molar-refractivity contribution in [2.75, 3.05) is 0 Å². The molecule has 0 aromatic heterocycles. The number of nitrogens with one attached hydrogen (secondary N) is 1. The Morgan fingerprint density at radius 1 is 1.75 bits per heavy atom. The van der Waals surface area contributed by atoms with Gasteiger partial charge in [0.25, 0.3) is 0 Å². The first-order valence-electron chi connectivity index (χ1n) is 4.21. The molecule has 1 aliphatic rings. The minimum Gasteiger partial charge on any atom is -0.370 e. The highest BCUT2D eigenvalue weighted by molar-refractivity contribution is 5.98. The van der Waals surface area contributed by atoms with E-state index in [4.69, 9.17) is 5.73 Å². The molecular formula is C8H15N3O. The van der Waals surface area contributed by atoms with Crippen molar-refractivity contribution in [1.29, 1.82) is 0 Å². The van der Waals surface area contributed by atoms with Gasteiger partial charge >= 0.3 is 0 Å². The van der Waals surface area contributed by atoms with Crippen LogP contribution in [0.3, 0.4) is 0 Å². The molecule has 0 fully saturated rings. The lowest BCUT2D eigenvalue weighted by Gasteiger charge is -2.19. The van der Waals surface area contributed by atoms with Crippen LogP contribution in [0.2, 0.25) is 0 Å². The van der Waals surface area contributed by atoms with Crippen LogP contribution in [0.15, 0.2) is 4.99 Å². The highest BCUT2D eigenvalue weighted by Crippen LogP contribution is 2.13. The van der Waals surface area contributed by atoms with Gasteiger partial charge in [0.15, 0.2) is 5.96 Å². The Hall–Kier alpha value is -1.06. The number of hydrogen-bond donors (Lipinski definition) is 2. The van der Waals surface area contributed by atoms with Gasteiger partial charge in [0.05, 0.1) is 6.04 Å². The molecule has 4 nitrogen and oxygen atoms in total. The Kier molecular flexibility index (Phi) is 2.68. The second kappa shape index (κ2) is 3.56. The van der Waals surface area contributed by atoms with Crippen molar-refractivity contribution in [3.8, 4) is 0 Å². The normalized spacial score (nSPS) is 23.8. The summed E-state index contributed by atoms with van der Waals surface area (Å²) in [6, 6.07) is 0.0822. The maximum atomic E-state index is 11.0. The van der Waals surface area contributed by atoms with Crippen molar-refractivity contribution < 1.29 is 4.79 Å². The molecule has 12 heavy (non-hydrogen) atoms. The standard InChI is InChI=1S/C8H15N3O/c1-5(2)3-6-4-7(12)11-8(9)10-6/h5-6H,3-4H2,1-2H3,(H3,9,10,11,12). The van der Waals surface area contributed by atoms with E-state index in [2.05, 4.69) is 24.2 Å². The summed E-state index contributed by atoms with van der Waals surface area (Å²) in [6.07, 6.45) is 1.40. The van der Waals surface area contributed by atoms with Gasteiger partial charge in [-0.05, 0) is 12.3 Å². The summed E-state index contributed by atoms with van der Waals surface area (Å²) < 4.78 is 0. The number of aliphatic imine (C=N–C) groups is 1. The zero-order chi connectivity index (χ0) is 9.14. The molecule has 0 saturated carbocycles. The number of amides is 1. The van der Waals surface area contributed by atoms with E-state index in [1.165, 1.54) is 0 Å². The fourth-order valence-electron chi connectivity index (χ4n) is 1.36. The fourth-order valence-corrected chi connectivity index (χ4v) is 1.36. The third-order valence-corrected chi connectivity index (χ3v) is 1.75. The summed E-state index contributed by atoms with van der Waals surface area (Å²) in [7, 11) is 0. The van der Waals surface area contributed by atoms with Crippen LogP contribution in [0.1, 0.15) is 26.7 Å². The van der Waals surface area contributed by atoms with Gasteiger partial charge in [-0.1, -0.05) is 13.8 Å². The summed E-state index contributed by atoms with van der Waals surface area (Å²) in [5.41, 5.74) is 5.41. The van der Waals surface area contributed by atoms with E-state index in [9.17, 15) is 4.79 Å². The van der Waals surface area contributed by atoms with Crippen molar-refractivity contribution in [2.45, 2.75) is 32.7 Å². The first kappa shape index (κ1) is 9.03. The molecule has 0 aliphatic carbocycles. The smallest absolute Gasteiger partial charge is 0.228 e. The molecule has 4 heteroatoms. The SMILES string of the molecule is CC(C)CC1CC(=O)NC(N)=N1. The number of carbonyl (C=O) groups excluding carboxylic acids is 1. The molecule has 1 atom stereocenters. The molecule has 0 saturated heterocycles. The Labute approximate surface area is 72.2 Å². The lowest BCUT2D eigenvalue weighted by Crippen LogP contribution is -2.43. The van der Waals surface area contributed by atoms with Crippen LogP contribution in [0.5, 0.6) is 0 Å². The van der Waals surface area contributed by atoms with E-state index in [1.54, 1.807) is 0 Å². The van der Waals surface area contributed by atoms with Crippen LogP contribution in [-0.2, 0) is 4.79 Å². The van der Waals surface area contributed by atoms with Crippen LogP contribution in [0.4, 0.5) is 0 Å². The number of rotatable bonds is 2. The summed E-state index contributed by atoms with van der Waals surface area (Å²) >= 11 is 0. The molecule has 1 rings (SSSR count). The number of hydrogen-bond acceptors (Lipinski definition) is 3. The van der Waals surface area contributed by atoms with Gasteiger partial charge in [-0.3, -0.25) is 10.1 Å². The Morgan fingerprint density at radius 2 is 2.42 bits per heavy atom. The second-order valence-corrected chi connectivity index (χ2v) is 3.55. The van der Waals surface area contributed by atoms with Crippen molar-refractivity contribution >= 4 is 11.9 Å². The molecule has 0 aromatic rings. The van der Waals surface area contributed by atoms with Gasteiger partial charge in [0, 0.05) is 6.42 Å². The van der Waals surface area contributed by atoms with Gasteiger partial charge in [0.2, 0.25) is 5.91 Å². The van der Waals surface area contributed by atoms with Crippen LogP contribution in [-0.4, -0.2) is 17.9 Å². The van der Waals surface area contributed by atoms with Crippen LogP contribution in [0.25, 0.3) is 0 Å². The van der Waals surface area contributed by atoms with Gasteiger partial charge in [-0.25, -0.2) is 4.99 Å². The fraction of sp³-hybridized carbons (Fsp3) is 0.750. The topological polar surface area (TPSA) is 67.5 Å². The van der Waals surface area contributed by atoms with E-state index in [1.807, 2.05) is 0 Å². The summed E-state index contributed by atoms with van der Waals surface area (Å²) in [4.78, 5) is 15.1. The van der Waals surface area contributed by atoms with E-state index in [-0.39, 0.29) is 17.9 Å². The van der Waals surface area contributed by atoms with Crippen molar-refractivity contribution in [1.82, 2.24) is 5.32 Å². The maximum Gasteiger partial charge on any atom is 0.228 e. The predicted molar refractivity (Wildman–Crippen MR) is 47.6 cm³/mol. The Balaban J connectivity index is 2.54. The highest BCUT2D eigenvalue weighted by atomic mass is 16.1. The maximum absolute atomic E-state index is 11.0. The van der Waals surface area contributed by atoms with E-state index in [0.717, 1.165) is 6.42 Å². The first-order chi connectivity index (χ1) is 5.58. The number of nitrogens with two attached hydrogens (primary N) is 1. The van der Waals surface area contributed by atoms with Crippen LogP contribution in [0, 0.1) is 5.92 Å². The Morgan fingerprint density at radius 3 is 2.92 bits per heavy atom. The average Bonchev–Trinajstić information content (AvgIpc) is 1.81. The van der Waals surface area contributed by atoms with Gasteiger partial charge in [0.1, 0.15) is 0 Å². The molecule has 3 N–H and O–H groups in total. The van der Waals surface area contributed by atoms with E-state index in [0.29, 0.717) is 12.3 Å². The van der Waals surface area contributed by atoms with E-state index < -0.39 is 0 Å². The largest absolute Gasteiger partial charge is 0.370 e. The van der Waals surface area contributed by atoms with Crippen molar-refractivity contribution in [3.63, 3.8) is 0 Å². The number of guanidine groups is 1. The molecular weight excluding hydrogens is 154 g/mol. The Bertz CT molecular complexity index is 210. The predicted octanol–water partition coefficient (Wildman–Crippen LogP) is 0.236. The summed E-state index contributed by atoms with van der Waals surface area (Å²) in [6.45, 7) is 4.22. The quantitative estimate of drug-likeness (QED) is 0.621. The van der Waals surface area contributed by atoms with Crippen molar-refractivity contribution in [2.24, 2.45) is 16.6 Å².